The van der Waals surface area contributed by atoms with Crippen LogP contribution < -0.4 is 15.5 Å². The Bertz CT molecular complexity index is 754. The summed E-state index contributed by atoms with van der Waals surface area (Å²) in [5.41, 5.74) is 7.45. The maximum Gasteiger partial charge on any atom is 0.259 e. The molecule has 0 aliphatic heterocycles. The number of hydrogen-bond donors (Lipinski definition) is 2. The number of hydrazone groups is 1. The molecule has 0 fully saturated rings. The normalized spacial score (nSPS) is 11.1. The number of methoxy groups -OCH3 is 1. The number of anilines is 1. The van der Waals surface area contributed by atoms with Crippen LogP contribution in [0.2, 0.25) is 0 Å². The van der Waals surface area contributed by atoms with Gasteiger partial charge in [0.25, 0.3) is 5.91 Å². The molecule has 5 heteroatoms. The summed E-state index contributed by atoms with van der Waals surface area (Å²) < 4.78 is 5.24. The van der Waals surface area contributed by atoms with E-state index in [4.69, 9.17) is 4.74 Å². The Kier molecular flexibility index (Phi) is 5.95. The van der Waals surface area contributed by atoms with Gasteiger partial charge in [0.15, 0.2) is 0 Å². The summed E-state index contributed by atoms with van der Waals surface area (Å²) in [7, 11) is 1.60. The zero-order chi connectivity index (χ0) is 17.5. The number of benzene rings is 2. The van der Waals surface area contributed by atoms with Crippen LogP contribution in [0.25, 0.3) is 0 Å². The lowest BCUT2D eigenvalue weighted by Gasteiger charge is -2.10. The standard InChI is InChI=1S/C19H23N3O2/c1-13-9-10-14(2)16(11-13)15(3)21-22-19(23)12-20-17-7-5-6-8-18(17)24-4/h5-11,20H,12H2,1-4H3,(H,22,23)/b21-15-. The van der Waals surface area contributed by atoms with Crippen molar-refractivity contribution < 1.29 is 9.53 Å². The van der Waals surface area contributed by atoms with Gasteiger partial charge >= 0.3 is 0 Å². The monoisotopic (exact) mass is 325 g/mol. The molecule has 0 heterocycles. The van der Waals surface area contributed by atoms with Crippen molar-refractivity contribution in [3.05, 3.63) is 59.2 Å². The number of carbonyl (C=O) groups is 1. The van der Waals surface area contributed by atoms with Crippen molar-refractivity contribution in [2.75, 3.05) is 19.0 Å². The number of nitrogens with one attached hydrogen (secondary N) is 2. The number of para-hydroxylation sites is 2. The van der Waals surface area contributed by atoms with Crippen molar-refractivity contribution in [2.24, 2.45) is 5.10 Å². The number of aryl methyl sites for hydroxylation is 2. The minimum Gasteiger partial charge on any atom is -0.495 e. The first kappa shape index (κ1) is 17.5. The van der Waals surface area contributed by atoms with Gasteiger partial charge in [0, 0.05) is 5.56 Å². The third-order valence-electron chi connectivity index (χ3n) is 3.68. The second-order valence-corrected chi connectivity index (χ2v) is 5.60. The minimum absolute atomic E-state index is 0.115. The van der Waals surface area contributed by atoms with E-state index in [1.807, 2.05) is 45.0 Å². The highest BCUT2D eigenvalue weighted by Gasteiger charge is 2.06. The van der Waals surface area contributed by atoms with Gasteiger partial charge in [0.2, 0.25) is 0 Å². The quantitative estimate of drug-likeness (QED) is 0.633. The van der Waals surface area contributed by atoms with Crippen molar-refractivity contribution in [2.45, 2.75) is 20.8 Å². The Morgan fingerprint density at radius 2 is 1.92 bits per heavy atom. The summed E-state index contributed by atoms with van der Waals surface area (Å²) in [6.07, 6.45) is 0. The molecule has 24 heavy (non-hydrogen) atoms. The first-order valence-corrected chi connectivity index (χ1v) is 7.79. The van der Waals surface area contributed by atoms with E-state index < -0.39 is 0 Å². The molecule has 2 rings (SSSR count). The van der Waals surface area contributed by atoms with Crippen LogP contribution in [0.1, 0.15) is 23.6 Å². The van der Waals surface area contributed by atoms with Gasteiger partial charge in [0.1, 0.15) is 5.75 Å². The lowest BCUT2D eigenvalue weighted by molar-refractivity contribution is -0.119. The van der Waals surface area contributed by atoms with Crippen molar-refractivity contribution in [3.63, 3.8) is 0 Å². The summed E-state index contributed by atoms with van der Waals surface area (Å²) in [6.45, 7) is 6.06. The number of amides is 1. The number of hydrogen-bond acceptors (Lipinski definition) is 4. The summed E-state index contributed by atoms with van der Waals surface area (Å²) in [6, 6.07) is 13.6. The van der Waals surface area contributed by atoms with E-state index in [2.05, 4.69) is 34.0 Å². The average Bonchev–Trinajstić information content (AvgIpc) is 2.60. The van der Waals surface area contributed by atoms with Crippen LogP contribution in [0, 0.1) is 13.8 Å². The summed E-state index contributed by atoms with van der Waals surface area (Å²) >= 11 is 0. The van der Waals surface area contributed by atoms with Gasteiger partial charge in [-0.15, -0.1) is 0 Å². The van der Waals surface area contributed by atoms with Crippen molar-refractivity contribution in [3.8, 4) is 5.75 Å². The second-order valence-electron chi connectivity index (χ2n) is 5.60. The Labute approximate surface area is 142 Å². The van der Waals surface area contributed by atoms with Gasteiger partial charge in [-0.25, -0.2) is 5.43 Å². The lowest BCUT2D eigenvalue weighted by atomic mass is 10.0. The Hall–Kier alpha value is -2.82. The van der Waals surface area contributed by atoms with Gasteiger partial charge in [0.05, 0.1) is 25.1 Å². The molecule has 126 valence electrons. The molecular weight excluding hydrogens is 302 g/mol. The van der Waals surface area contributed by atoms with E-state index >= 15 is 0 Å². The molecule has 0 aliphatic rings. The molecule has 2 N–H and O–H groups in total. The molecule has 0 atom stereocenters. The molecule has 0 saturated carbocycles. The van der Waals surface area contributed by atoms with Crippen LogP contribution in [-0.4, -0.2) is 25.3 Å². The Morgan fingerprint density at radius 1 is 1.17 bits per heavy atom. The topological polar surface area (TPSA) is 62.7 Å². The summed E-state index contributed by atoms with van der Waals surface area (Å²) in [4.78, 5) is 12.0. The predicted molar refractivity (Wildman–Crippen MR) is 97.8 cm³/mol. The molecule has 0 aromatic heterocycles. The van der Waals surface area contributed by atoms with Crippen LogP contribution in [0.3, 0.4) is 0 Å². The zero-order valence-corrected chi connectivity index (χ0v) is 14.5. The fourth-order valence-electron chi connectivity index (χ4n) is 2.34. The predicted octanol–water partition coefficient (Wildman–Crippen LogP) is 3.26. The third kappa shape index (κ3) is 4.59. The average molecular weight is 325 g/mol. The zero-order valence-electron chi connectivity index (χ0n) is 14.5. The number of carbonyl (C=O) groups excluding carboxylic acids is 1. The van der Waals surface area contributed by atoms with Crippen LogP contribution in [0.5, 0.6) is 5.75 Å². The van der Waals surface area contributed by atoms with E-state index in [1.54, 1.807) is 7.11 Å². The molecular formula is C19H23N3O2. The number of rotatable bonds is 6. The first-order chi connectivity index (χ1) is 11.5. The molecule has 0 radical (unpaired) electrons. The molecule has 2 aromatic rings. The maximum atomic E-state index is 12.0. The van der Waals surface area contributed by atoms with Crippen molar-refractivity contribution in [1.29, 1.82) is 0 Å². The van der Waals surface area contributed by atoms with E-state index in [-0.39, 0.29) is 12.5 Å². The van der Waals surface area contributed by atoms with Crippen molar-refractivity contribution in [1.82, 2.24) is 5.43 Å². The third-order valence-corrected chi connectivity index (χ3v) is 3.68. The Morgan fingerprint density at radius 3 is 2.67 bits per heavy atom. The Balaban J connectivity index is 1.96. The van der Waals surface area contributed by atoms with Gasteiger partial charge in [-0.05, 0) is 44.5 Å². The van der Waals surface area contributed by atoms with E-state index in [0.717, 1.165) is 28.1 Å². The van der Waals surface area contributed by atoms with Crippen LogP contribution in [-0.2, 0) is 4.79 Å². The lowest BCUT2D eigenvalue weighted by Crippen LogP contribution is -2.27. The molecule has 0 aliphatic carbocycles. The van der Waals surface area contributed by atoms with E-state index in [0.29, 0.717) is 5.75 Å². The molecule has 0 saturated heterocycles. The highest BCUT2D eigenvalue weighted by molar-refractivity contribution is 6.00. The van der Waals surface area contributed by atoms with Gasteiger partial charge in [-0.3, -0.25) is 4.79 Å². The largest absolute Gasteiger partial charge is 0.495 e. The maximum absolute atomic E-state index is 12.0. The molecule has 0 bridgehead atoms. The molecule has 0 unspecified atom stereocenters. The summed E-state index contributed by atoms with van der Waals surface area (Å²) in [5.74, 6) is 0.478. The highest BCUT2D eigenvalue weighted by atomic mass is 16.5. The van der Waals surface area contributed by atoms with Gasteiger partial charge < -0.3 is 10.1 Å². The fraction of sp³-hybridized carbons (Fsp3) is 0.263. The van der Waals surface area contributed by atoms with Crippen molar-refractivity contribution >= 4 is 17.3 Å². The highest BCUT2D eigenvalue weighted by Crippen LogP contribution is 2.22. The minimum atomic E-state index is -0.217. The smallest absolute Gasteiger partial charge is 0.259 e. The van der Waals surface area contributed by atoms with Crippen LogP contribution in [0.15, 0.2) is 47.6 Å². The second kappa shape index (κ2) is 8.15. The van der Waals surface area contributed by atoms with Gasteiger partial charge in [-0.2, -0.15) is 5.10 Å². The first-order valence-electron chi connectivity index (χ1n) is 7.79. The van der Waals surface area contributed by atoms with E-state index in [1.165, 1.54) is 0 Å². The molecule has 0 spiro atoms. The summed E-state index contributed by atoms with van der Waals surface area (Å²) in [5, 5.41) is 7.24. The molecule has 2 aromatic carbocycles. The number of ether oxygens (including phenoxy) is 1. The van der Waals surface area contributed by atoms with Crippen LogP contribution in [0.4, 0.5) is 5.69 Å². The fourth-order valence-corrected chi connectivity index (χ4v) is 2.34. The molecule has 1 amide bonds. The van der Waals surface area contributed by atoms with Gasteiger partial charge in [-0.1, -0.05) is 29.8 Å². The van der Waals surface area contributed by atoms with E-state index in [9.17, 15) is 4.79 Å². The molecule has 5 nitrogen and oxygen atoms in total. The van der Waals surface area contributed by atoms with Crippen LogP contribution >= 0.6 is 0 Å². The SMILES string of the molecule is COc1ccccc1NCC(=O)N/N=C(/C)c1cc(C)ccc1C. The number of nitrogens with zero attached hydrogens (tertiary/aromatic N) is 1.